The van der Waals surface area contributed by atoms with Gasteiger partial charge in [-0.3, -0.25) is 19.7 Å². The van der Waals surface area contributed by atoms with Gasteiger partial charge in [0.05, 0.1) is 4.92 Å². The smallest absolute Gasteiger partial charge is 0.293 e. The number of nitrogens with zero attached hydrogens (tertiary/aromatic N) is 3. The van der Waals surface area contributed by atoms with Gasteiger partial charge >= 0.3 is 0 Å². The van der Waals surface area contributed by atoms with Crippen LogP contribution in [0.4, 0.5) is 11.4 Å². The fourth-order valence-electron chi connectivity index (χ4n) is 3.39. The lowest BCUT2D eigenvalue weighted by atomic mass is 10.0. The first-order valence-corrected chi connectivity index (χ1v) is 9.52. The number of benzene rings is 1. The summed E-state index contributed by atoms with van der Waals surface area (Å²) < 4.78 is 0. The van der Waals surface area contributed by atoms with Crippen molar-refractivity contribution in [3.63, 3.8) is 0 Å². The second-order valence-electron chi connectivity index (χ2n) is 7.49. The maximum atomic E-state index is 12.5. The third kappa shape index (κ3) is 5.41. The molecule has 1 atom stereocenters. The van der Waals surface area contributed by atoms with Gasteiger partial charge in [0.2, 0.25) is 5.91 Å². The molecule has 0 aliphatic carbocycles. The van der Waals surface area contributed by atoms with E-state index in [2.05, 4.69) is 5.32 Å². The van der Waals surface area contributed by atoms with E-state index >= 15 is 0 Å². The van der Waals surface area contributed by atoms with Gasteiger partial charge in [-0.25, -0.2) is 0 Å². The Balaban J connectivity index is 2.17. The number of amides is 2. The highest BCUT2D eigenvalue weighted by molar-refractivity contribution is 5.96. The summed E-state index contributed by atoms with van der Waals surface area (Å²) in [6.07, 6.45) is 0.739. The van der Waals surface area contributed by atoms with Crippen molar-refractivity contribution in [2.24, 2.45) is 11.7 Å². The Morgan fingerprint density at radius 3 is 2.39 bits per heavy atom. The molecule has 1 aliphatic heterocycles. The van der Waals surface area contributed by atoms with Crippen LogP contribution >= 0.6 is 0 Å². The molecule has 9 heteroatoms. The van der Waals surface area contributed by atoms with Gasteiger partial charge in [0, 0.05) is 57.3 Å². The van der Waals surface area contributed by atoms with Crippen LogP contribution < -0.4 is 16.0 Å². The van der Waals surface area contributed by atoms with Gasteiger partial charge in [0.15, 0.2) is 0 Å². The molecule has 0 radical (unpaired) electrons. The minimum Gasteiger partial charge on any atom is -0.362 e. The van der Waals surface area contributed by atoms with Crippen LogP contribution in [0.3, 0.4) is 0 Å². The van der Waals surface area contributed by atoms with Crippen molar-refractivity contribution in [2.75, 3.05) is 37.6 Å². The monoisotopic (exact) mass is 391 g/mol. The Kier molecular flexibility index (Phi) is 7.33. The molecule has 1 unspecified atom stereocenters. The average Bonchev–Trinajstić information content (AvgIpc) is 2.66. The Morgan fingerprint density at radius 2 is 1.89 bits per heavy atom. The molecule has 154 valence electrons. The predicted octanol–water partition coefficient (Wildman–Crippen LogP) is 1.37. The molecular formula is C19H29N5O4. The molecule has 0 spiro atoms. The number of nitro benzene ring substituents is 1. The molecule has 1 aromatic carbocycles. The van der Waals surface area contributed by atoms with Gasteiger partial charge in [0.25, 0.3) is 11.6 Å². The fraction of sp³-hybridized carbons (Fsp3) is 0.579. The zero-order valence-electron chi connectivity index (χ0n) is 16.7. The number of hydrogen-bond donors (Lipinski definition) is 2. The van der Waals surface area contributed by atoms with Gasteiger partial charge in [-0.2, -0.15) is 0 Å². The molecule has 1 saturated heterocycles. The van der Waals surface area contributed by atoms with Gasteiger partial charge < -0.3 is 20.9 Å². The van der Waals surface area contributed by atoms with Crippen LogP contribution in [0, 0.1) is 16.0 Å². The number of anilines is 1. The Hall–Kier alpha value is -2.68. The zero-order valence-corrected chi connectivity index (χ0v) is 16.7. The Labute approximate surface area is 165 Å². The molecule has 0 saturated carbocycles. The minimum absolute atomic E-state index is 0.00276. The first-order chi connectivity index (χ1) is 13.2. The second kappa shape index (κ2) is 9.50. The number of rotatable bonds is 7. The number of carbonyl (C=O) groups is 2. The van der Waals surface area contributed by atoms with Crippen molar-refractivity contribution in [3.05, 3.63) is 33.9 Å². The normalized spacial score (nSPS) is 15.5. The van der Waals surface area contributed by atoms with E-state index in [0.717, 1.165) is 6.42 Å². The topological polar surface area (TPSA) is 122 Å². The summed E-state index contributed by atoms with van der Waals surface area (Å²) in [5.41, 5.74) is 6.30. The highest BCUT2D eigenvalue weighted by Gasteiger charge is 2.26. The van der Waals surface area contributed by atoms with Crippen molar-refractivity contribution < 1.29 is 14.5 Å². The molecule has 0 aromatic heterocycles. The van der Waals surface area contributed by atoms with Crippen molar-refractivity contribution in [1.82, 2.24) is 10.2 Å². The lowest BCUT2D eigenvalue weighted by molar-refractivity contribution is -0.384. The van der Waals surface area contributed by atoms with E-state index in [4.69, 9.17) is 5.73 Å². The molecule has 3 N–H and O–H groups in total. The quantitative estimate of drug-likeness (QED) is 0.535. The summed E-state index contributed by atoms with van der Waals surface area (Å²) in [5.74, 6) is 0.00315. The van der Waals surface area contributed by atoms with Crippen molar-refractivity contribution in [2.45, 2.75) is 33.2 Å². The number of nitrogens with one attached hydrogen (secondary N) is 1. The molecule has 1 aliphatic rings. The number of nitro groups is 1. The maximum Gasteiger partial charge on any atom is 0.293 e. The van der Waals surface area contributed by atoms with Crippen LogP contribution in [0.5, 0.6) is 0 Å². The van der Waals surface area contributed by atoms with Crippen molar-refractivity contribution in [1.29, 1.82) is 0 Å². The van der Waals surface area contributed by atoms with E-state index in [1.54, 1.807) is 17.0 Å². The summed E-state index contributed by atoms with van der Waals surface area (Å²) in [5, 5.41) is 14.5. The highest BCUT2D eigenvalue weighted by Crippen LogP contribution is 2.30. The largest absolute Gasteiger partial charge is 0.362 e. The van der Waals surface area contributed by atoms with Crippen LogP contribution in [0.25, 0.3) is 0 Å². The SMILES string of the molecule is CC(=O)N1CCN(c2ccc(C(=O)NC(CN)CC(C)C)cc2[N+](=O)[O-])CC1. The first kappa shape index (κ1) is 21.6. The molecule has 9 nitrogen and oxygen atoms in total. The van der Waals surface area contributed by atoms with E-state index < -0.39 is 4.92 Å². The lowest BCUT2D eigenvalue weighted by Crippen LogP contribution is -2.48. The van der Waals surface area contributed by atoms with Gasteiger partial charge in [-0.1, -0.05) is 13.8 Å². The molecule has 2 rings (SSSR count). The predicted molar refractivity (Wildman–Crippen MR) is 107 cm³/mol. The van der Waals surface area contributed by atoms with E-state index in [-0.39, 0.29) is 29.1 Å². The summed E-state index contributed by atoms with van der Waals surface area (Å²) >= 11 is 0. The third-order valence-electron chi connectivity index (χ3n) is 4.88. The summed E-state index contributed by atoms with van der Waals surface area (Å²) in [4.78, 5) is 38.7. The molecule has 1 heterocycles. The summed E-state index contributed by atoms with van der Waals surface area (Å²) in [6, 6.07) is 4.34. The lowest BCUT2D eigenvalue weighted by Gasteiger charge is -2.35. The molecular weight excluding hydrogens is 362 g/mol. The standard InChI is InChI=1S/C19H29N5O4/c1-13(2)10-16(12-20)21-19(26)15-4-5-17(18(11-15)24(27)28)23-8-6-22(7-9-23)14(3)25/h4-5,11,13,16H,6-10,12,20H2,1-3H3,(H,21,26). The number of carbonyl (C=O) groups excluding carboxylic acids is 2. The van der Waals surface area contributed by atoms with Gasteiger partial charge in [0.1, 0.15) is 5.69 Å². The molecule has 2 amide bonds. The summed E-state index contributed by atoms with van der Waals surface area (Å²) in [7, 11) is 0. The fourth-order valence-corrected chi connectivity index (χ4v) is 3.39. The van der Waals surface area contributed by atoms with Crippen LogP contribution in [0.15, 0.2) is 18.2 Å². The van der Waals surface area contributed by atoms with Crippen LogP contribution in [-0.4, -0.2) is 60.4 Å². The van der Waals surface area contributed by atoms with E-state index in [9.17, 15) is 19.7 Å². The Bertz CT molecular complexity index is 729. The highest BCUT2D eigenvalue weighted by atomic mass is 16.6. The average molecular weight is 391 g/mol. The van der Waals surface area contributed by atoms with Crippen LogP contribution in [-0.2, 0) is 4.79 Å². The van der Waals surface area contributed by atoms with Crippen LogP contribution in [0.2, 0.25) is 0 Å². The Morgan fingerprint density at radius 1 is 1.25 bits per heavy atom. The minimum atomic E-state index is -0.474. The van der Waals surface area contributed by atoms with Gasteiger partial charge in [-0.05, 0) is 24.5 Å². The second-order valence-corrected chi connectivity index (χ2v) is 7.49. The first-order valence-electron chi connectivity index (χ1n) is 9.52. The van der Waals surface area contributed by atoms with E-state index in [1.165, 1.54) is 13.0 Å². The summed E-state index contributed by atoms with van der Waals surface area (Å²) in [6.45, 7) is 7.96. The van der Waals surface area contributed by atoms with Crippen LogP contribution in [0.1, 0.15) is 37.6 Å². The molecule has 28 heavy (non-hydrogen) atoms. The third-order valence-corrected chi connectivity index (χ3v) is 4.88. The maximum absolute atomic E-state index is 12.5. The number of nitrogens with two attached hydrogens (primary N) is 1. The number of piperazine rings is 1. The number of hydrogen-bond acceptors (Lipinski definition) is 6. The van der Waals surface area contributed by atoms with Crippen molar-refractivity contribution >= 4 is 23.2 Å². The van der Waals surface area contributed by atoms with Crippen molar-refractivity contribution in [3.8, 4) is 0 Å². The van der Waals surface area contributed by atoms with E-state index in [0.29, 0.717) is 44.3 Å². The van der Waals surface area contributed by atoms with Gasteiger partial charge in [-0.15, -0.1) is 0 Å². The zero-order chi connectivity index (χ0) is 20.8. The molecule has 0 bridgehead atoms. The molecule has 1 fully saturated rings. The van der Waals surface area contributed by atoms with E-state index in [1.807, 2.05) is 18.7 Å². The molecule has 1 aromatic rings.